The highest BCUT2D eigenvalue weighted by Crippen LogP contribution is 2.37. The number of benzene rings is 1. The van der Waals surface area contributed by atoms with Crippen LogP contribution in [0.4, 0.5) is 19.0 Å². The molecule has 0 saturated carbocycles. The molecule has 0 spiro atoms. The van der Waals surface area contributed by atoms with E-state index in [2.05, 4.69) is 24.1 Å². The van der Waals surface area contributed by atoms with Gasteiger partial charge in [0.25, 0.3) is 0 Å². The van der Waals surface area contributed by atoms with Crippen LogP contribution in [0, 0.1) is 11.3 Å². The molecule has 1 aromatic carbocycles. The van der Waals surface area contributed by atoms with Crippen LogP contribution < -0.4 is 9.08 Å². The third-order valence-electron chi connectivity index (χ3n) is 7.62. The van der Waals surface area contributed by atoms with Crippen molar-refractivity contribution < 1.29 is 34.2 Å². The Morgan fingerprint density at radius 1 is 1.07 bits per heavy atom. The molecule has 2 bridgehead atoms. The fourth-order valence-electron chi connectivity index (χ4n) is 5.57. The highest BCUT2D eigenvalue weighted by atomic mass is 32.2. The third-order valence-corrected chi connectivity index (χ3v) is 9.70. The molecule has 43 heavy (non-hydrogen) atoms. The van der Waals surface area contributed by atoms with E-state index in [4.69, 9.17) is 0 Å². The number of piperidine rings is 1. The summed E-state index contributed by atoms with van der Waals surface area (Å²) in [5.41, 5.74) is -3.70. The van der Waals surface area contributed by atoms with Crippen molar-refractivity contribution in [3.05, 3.63) is 72.2 Å². The number of nitrogens with zero attached hydrogens (tertiary/aromatic N) is 6. The zero-order valence-corrected chi connectivity index (χ0v) is 24.1. The molecule has 3 aromatic heterocycles. The van der Waals surface area contributed by atoms with Crippen molar-refractivity contribution in [3.63, 3.8) is 0 Å². The Morgan fingerprint density at radius 3 is 2.44 bits per heavy atom. The van der Waals surface area contributed by atoms with E-state index >= 15 is 0 Å². The normalized spacial score (nSPS) is 19.2. The Hall–Kier alpha value is -4.20. The molecule has 2 unspecified atom stereocenters. The molecule has 0 amide bonds. The maximum atomic E-state index is 12.9. The summed E-state index contributed by atoms with van der Waals surface area (Å²) in [6.07, 6.45) is 5.85. The van der Waals surface area contributed by atoms with Gasteiger partial charge >= 0.3 is 15.6 Å². The van der Waals surface area contributed by atoms with Crippen molar-refractivity contribution in [1.82, 2.24) is 19.5 Å². The van der Waals surface area contributed by atoms with Gasteiger partial charge in [-0.05, 0) is 42.3 Å². The predicted molar refractivity (Wildman–Crippen MR) is 148 cm³/mol. The molecule has 11 nitrogen and oxygen atoms in total. The van der Waals surface area contributed by atoms with Crippen LogP contribution in [-0.2, 0) is 26.5 Å². The molecule has 3 aliphatic heterocycles. The molecule has 6 heterocycles. The molecular formula is C27H23F3N6O5S2. The van der Waals surface area contributed by atoms with Gasteiger partial charge in [-0.25, -0.2) is 17.9 Å². The average molecular weight is 633 g/mol. The van der Waals surface area contributed by atoms with E-state index in [9.17, 15) is 35.3 Å². The zero-order chi connectivity index (χ0) is 30.7. The van der Waals surface area contributed by atoms with Gasteiger partial charge in [-0.2, -0.15) is 31.9 Å². The molecule has 0 aliphatic carbocycles. The van der Waals surface area contributed by atoms with Crippen LogP contribution in [0.1, 0.15) is 17.5 Å². The van der Waals surface area contributed by atoms with E-state index in [-0.39, 0.29) is 33.6 Å². The van der Waals surface area contributed by atoms with Crippen LogP contribution in [0.2, 0.25) is 0 Å². The number of anilines is 1. The molecule has 4 aromatic rings. The number of hydrogen-bond acceptors (Lipinski definition) is 10. The summed E-state index contributed by atoms with van der Waals surface area (Å²) < 4.78 is 91.4. The maximum Gasteiger partial charge on any atom is 0.534 e. The number of sulfone groups is 1. The Balaban J connectivity index is 1.22. The van der Waals surface area contributed by atoms with Gasteiger partial charge in [0.1, 0.15) is 11.9 Å². The molecule has 224 valence electrons. The molecule has 0 radical (unpaired) electrons. The van der Waals surface area contributed by atoms with Gasteiger partial charge in [0, 0.05) is 55.3 Å². The van der Waals surface area contributed by atoms with Crippen molar-refractivity contribution in [2.75, 3.05) is 24.2 Å². The fourth-order valence-corrected chi connectivity index (χ4v) is 6.70. The van der Waals surface area contributed by atoms with E-state index in [1.165, 1.54) is 18.6 Å². The number of hydrogen-bond donors (Lipinski definition) is 0. The van der Waals surface area contributed by atoms with Crippen LogP contribution in [0.3, 0.4) is 0 Å². The van der Waals surface area contributed by atoms with Crippen LogP contribution in [0.5, 0.6) is 5.75 Å². The van der Waals surface area contributed by atoms with Crippen LogP contribution in [-0.4, -0.2) is 73.3 Å². The molecule has 3 aliphatic rings. The minimum absolute atomic E-state index is 0.127. The molecule has 2 atom stereocenters. The predicted octanol–water partition coefficient (Wildman–Crippen LogP) is 3.36. The van der Waals surface area contributed by atoms with Gasteiger partial charge in [0.05, 0.1) is 28.4 Å². The molecule has 7 rings (SSSR count). The van der Waals surface area contributed by atoms with Crippen LogP contribution >= 0.6 is 0 Å². The summed E-state index contributed by atoms with van der Waals surface area (Å²) in [6.45, 7) is 2.02. The smallest absolute Gasteiger partial charge is 0.374 e. The summed E-state index contributed by atoms with van der Waals surface area (Å²) in [6, 6.07) is 13.9. The lowest BCUT2D eigenvalue weighted by molar-refractivity contribution is -0.0500. The summed E-state index contributed by atoms with van der Waals surface area (Å²) in [4.78, 5) is 9.31. The van der Waals surface area contributed by atoms with E-state index in [0.717, 1.165) is 28.8 Å². The van der Waals surface area contributed by atoms with Crippen molar-refractivity contribution in [3.8, 4) is 22.9 Å². The van der Waals surface area contributed by atoms with E-state index in [0.29, 0.717) is 31.0 Å². The Morgan fingerprint density at radius 2 is 1.81 bits per heavy atom. The summed E-state index contributed by atoms with van der Waals surface area (Å²) in [7, 11) is -9.23. The van der Waals surface area contributed by atoms with Gasteiger partial charge in [-0.3, -0.25) is 4.90 Å². The Kier molecular flexibility index (Phi) is 6.86. The molecule has 0 N–H and O–H groups in total. The number of nitriles is 1. The monoisotopic (exact) mass is 632 g/mol. The standard InChI is InChI=1S/C27H23F3N6O5S2/c1-42(37,38)23-4-2-3-17(7-23)13-35-20-8-21(35)15-34(14-20)25-6-5-18(11-32-25)24-9-22(41-43(39,40)27(28,29)30)16-36-26(24)19(10-31)12-33-36/h2-7,9,11-12,16,20-21H,8,13-15H2,1H3. The largest absolute Gasteiger partial charge is 0.534 e. The number of rotatable bonds is 7. The van der Waals surface area contributed by atoms with Crippen molar-refractivity contribution in [2.24, 2.45) is 0 Å². The number of piperazine rings is 1. The van der Waals surface area contributed by atoms with Gasteiger partial charge < -0.3 is 9.08 Å². The average Bonchev–Trinajstić information content (AvgIpc) is 3.37. The van der Waals surface area contributed by atoms with Gasteiger partial charge in [-0.1, -0.05) is 12.1 Å². The van der Waals surface area contributed by atoms with Crippen molar-refractivity contribution in [1.29, 1.82) is 5.26 Å². The second-order valence-corrected chi connectivity index (χ2v) is 14.0. The first kappa shape index (κ1) is 28.9. The quantitative estimate of drug-likeness (QED) is 0.220. The SMILES string of the molecule is CS(=O)(=O)c1cccc(CN2C3CC2CN(c2ccc(-c4cc(OS(=O)(=O)C(F)(F)F)cn5ncc(C#N)c45)cn2)C3)c1. The second kappa shape index (κ2) is 10.2. The minimum Gasteiger partial charge on any atom is -0.374 e. The lowest BCUT2D eigenvalue weighted by Gasteiger charge is -2.56. The highest BCUT2D eigenvalue weighted by molar-refractivity contribution is 7.90. The van der Waals surface area contributed by atoms with Gasteiger partial charge in [-0.15, -0.1) is 0 Å². The number of halogens is 3. The lowest BCUT2D eigenvalue weighted by atomic mass is 9.86. The molecular weight excluding hydrogens is 609 g/mol. The minimum atomic E-state index is -5.93. The highest BCUT2D eigenvalue weighted by Gasteiger charge is 2.49. The number of alkyl halides is 3. The van der Waals surface area contributed by atoms with Crippen LogP contribution in [0.15, 0.2) is 66.0 Å². The topological polar surface area (TPSA) is 138 Å². The molecule has 3 saturated heterocycles. The number of pyridine rings is 2. The maximum absolute atomic E-state index is 12.9. The Bertz CT molecular complexity index is 1980. The van der Waals surface area contributed by atoms with Crippen molar-refractivity contribution in [2.45, 2.75) is 35.5 Å². The Labute approximate surface area is 244 Å². The van der Waals surface area contributed by atoms with Gasteiger partial charge in [0.15, 0.2) is 15.6 Å². The fraction of sp³-hybridized carbons (Fsp3) is 0.296. The second-order valence-electron chi connectivity index (χ2n) is 10.5. The first-order valence-corrected chi connectivity index (χ1v) is 16.2. The first-order chi connectivity index (χ1) is 20.2. The first-order valence-electron chi connectivity index (χ1n) is 12.9. The van der Waals surface area contributed by atoms with E-state index in [1.807, 2.05) is 12.1 Å². The van der Waals surface area contributed by atoms with Gasteiger partial charge in [0.2, 0.25) is 0 Å². The lowest BCUT2D eigenvalue weighted by Crippen LogP contribution is -2.68. The summed E-state index contributed by atoms with van der Waals surface area (Å²) in [5.74, 6) is 0.0454. The van der Waals surface area contributed by atoms with E-state index < -0.39 is 31.2 Å². The number of aromatic nitrogens is 3. The zero-order valence-electron chi connectivity index (χ0n) is 22.4. The summed E-state index contributed by atoms with van der Waals surface area (Å²) in [5, 5.41) is 13.5. The third kappa shape index (κ3) is 5.39. The molecule has 3 fully saturated rings. The summed E-state index contributed by atoms with van der Waals surface area (Å²) >= 11 is 0. The molecule has 16 heteroatoms. The van der Waals surface area contributed by atoms with Crippen molar-refractivity contribution >= 4 is 31.3 Å². The van der Waals surface area contributed by atoms with Crippen LogP contribution in [0.25, 0.3) is 16.6 Å². The van der Waals surface area contributed by atoms with E-state index in [1.54, 1.807) is 30.3 Å². The number of fused-ring (bicyclic) bond motifs is 3.